The number of nitrogens with one attached hydrogen (secondary N) is 1. The largest absolute Gasteiger partial charge is 0.399 e. The van der Waals surface area contributed by atoms with Crippen molar-refractivity contribution in [2.45, 2.75) is 11.1 Å². The maximum absolute atomic E-state index is 12.2. The third-order valence-corrected chi connectivity index (χ3v) is 5.31. The lowest BCUT2D eigenvalue weighted by molar-refractivity contribution is 0.213. The van der Waals surface area contributed by atoms with Crippen LogP contribution < -0.4 is 4.72 Å². The van der Waals surface area contributed by atoms with Gasteiger partial charge in [-0.15, -0.1) is 11.3 Å². The van der Waals surface area contributed by atoms with Crippen molar-refractivity contribution < 1.29 is 13.3 Å². The number of benzene rings is 1. The summed E-state index contributed by atoms with van der Waals surface area (Å²) in [6.45, 7) is 1.75. The highest BCUT2D eigenvalue weighted by molar-refractivity contribution is 7.94. The lowest BCUT2D eigenvalue weighted by Gasteiger charge is -2.11. The predicted octanol–water partition coefficient (Wildman–Crippen LogP) is 2.92. The maximum Gasteiger partial charge on any atom is 0.271 e. The Kier molecular flexibility index (Phi) is 4.41. The minimum atomic E-state index is -3.57. The van der Waals surface area contributed by atoms with Gasteiger partial charge in [-0.25, -0.2) is 8.42 Å². The SMILES string of the molecule is CO/N=C(\C)c1ccccc1NS(=O)(=O)c1cccs1. The van der Waals surface area contributed by atoms with Crippen molar-refractivity contribution in [1.82, 2.24) is 0 Å². The fourth-order valence-electron chi connectivity index (χ4n) is 1.69. The van der Waals surface area contributed by atoms with E-state index in [1.807, 2.05) is 6.07 Å². The number of oxime groups is 1. The van der Waals surface area contributed by atoms with Crippen molar-refractivity contribution in [3.05, 3.63) is 47.3 Å². The Morgan fingerprint density at radius 2 is 2.00 bits per heavy atom. The van der Waals surface area contributed by atoms with Crippen LogP contribution in [0.1, 0.15) is 12.5 Å². The molecule has 0 radical (unpaired) electrons. The van der Waals surface area contributed by atoms with Gasteiger partial charge in [0.05, 0.1) is 11.4 Å². The summed E-state index contributed by atoms with van der Waals surface area (Å²) in [7, 11) is -2.12. The predicted molar refractivity (Wildman–Crippen MR) is 80.8 cm³/mol. The van der Waals surface area contributed by atoms with Gasteiger partial charge in [0.25, 0.3) is 10.0 Å². The van der Waals surface area contributed by atoms with E-state index in [2.05, 4.69) is 9.88 Å². The van der Waals surface area contributed by atoms with Crippen molar-refractivity contribution >= 4 is 32.8 Å². The Balaban J connectivity index is 2.38. The first-order chi connectivity index (χ1) is 9.54. The van der Waals surface area contributed by atoms with Crippen LogP contribution in [0.4, 0.5) is 5.69 Å². The summed E-state index contributed by atoms with van der Waals surface area (Å²) in [5.74, 6) is 0. The number of para-hydroxylation sites is 1. The van der Waals surface area contributed by atoms with Crippen LogP contribution in [-0.4, -0.2) is 21.2 Å². The summed E-state index contributed by atoms with van der Waals surface area (Å²) in [5.41, 5.74) is 1.74. The van der Waals surface area contributed by atoms with Crippen molar-refractivity contribution in [3.63, 3.8) is 0 Å². The zero-order valence-electron chi connectivity index (χ0n) is 11.0. The van der Waals surface area contributed by atoms with E-state index in [4.69, 9.17) is 4.84 Å². The third kappa shape index (κ3) is 3.17. The number of hydrogen-bond donors (Lipinski definition) is 1. The fraction of sp³-hybridized carbons (Fsp3) is 0.154. The minimum absolute atomic E-state index is 0.272. The van der Waals surface area contributed by atoms with Gasteiger partial charge in [0.1, 0.15) is 11.3 Å². The number of sulfonamides is 1. The molecule has 20 heavy (non-hydrogen) atoms. The maximum atomic E-state index is 12.2. The second-order valence-electron chi connectivity index (χ2n) is 3.94. The van der Waals surface area contributed by atoms with Gasteiger partial charge in [-0.05, 0) is 24.4 Å². The van der Waals surface area contributed by atoms with Crippen molar-refractivity contribution in [1.29, 1.82) is 0 Å². The lowest BCUT2D eigenvalue weighted by Crippen LogP contribution is -2.14. The third-order valence-electron chi connectivity index (χ3n) is 2.55. The number of thiophene rings is 1. The van der Waals surface area contributed by atoms with Gasteiger partial charge in [-0.3, -0.25) is 4.72 Å². The molecular weight excluding hydrogens is 296 g/mol. The van der Waals surface area contributed by atoms with Gasteiger partial charge in [0, 0.05) is 5.56 Å². The molecule has 106 valence electrons. The first-order valence-corrected chi connectivity index (χ1v) is 8.14. The number of anilines is 1. The van der Waals surface area contributed by atoms with Crippen molar-refractivity contribution in [3.8, 4) is 0 Å². The number of hydrogen-bond acceptors (Lipinski definition) is 5. The molecule has 5 nitrogen and oxygen atoms in total. The van der Waals surface area contributed by atoms with E-state index in [0.29, 0.717) is 17.0 Å². The molecular formula is C13H14N2O3S2. The summed E-state index contributed by atoms with van der Waals surface area (Å²) < 4.78 is 27.3. The summed E-state index contributed by atoms with van der Waals surface area (Å²) >= 11 is 1.17. The van der Waals surface area contributed by atoms with Gasteiger partial charge < -0.3 is 4.84 Å². The molecule has 0 aliphatic carbocycles. The highest BCUT2D eigenvalue weighted by atomic mass is 32.2. The summed E-state index contributed by atoms with van der Waals surface area (Å²) in [4.78, 5) is 4.73. The standard InChI is InChI=1S/C13H14N2O3S2/c1-10(14-18-2)11-6-3-4-7-12(11)15-20(16,17)13-8-5-9-19-13/h3-9,15H,1-2H3/b14-10+. The Morgan fingerprint density at radius 3 is 2.65 bits per heavy atom. The second-order valence-corrected chi connectivity index (χ2v) is 6.80. The molecule has 0 atom stereocenters. The van der Waals surface area contributed by atoms with E-state index in [1.54, 1.807) is 42.6 Å². The van der Waals surface area contributed by atoms with Crippen LogP contribution in [0.5, 0.6) is 0 Å². The molecule has 2 aromatic rings. The lowest BCUT2D eigenvalue weighted by atomic mass is 10.1. The minimum Gasteiger partial charge on any atom is -0.399 e. The Labute approximate surface area is 121 Å². The van der Waals surface area contributed by atoms with Crippen LogP contribution >= 0.6 is 11.3 Å². The molecule has 7 heteroatoms. The van der Waals surface area contributed by atoms with E-state index in [0.717, 1.165) is 0 Å². The average molecular weight is 310 g/mol. The highest BCUT2D eigenvalue weighted by Gasteiger charge is 2.17. The van der Waals surface area contributed by atoms with E-state index in [1.165, 1.54) is 18.4 Å². The van der Waals surface area contributed by atoms with Gasteiger partial charge in [-0.1, -0.05) is 29.4 Å². The Morgan fingerprint density at radius 1 is 1.25 bits per heavy atom. The molecule has 0 bridgehead atoms. The Hall–Kier alpha value is -1.86. The molecule has 1 N–H and O–H groups in total. The highest BCUT2D eigenvalue weighted by Crippen LogP contribution is 2.23. The monoisotopic (exact) mass is 310 g/mol. The van der Waals surface area contributed by atoms with Gasteiger partial charge >= 0.3 is 0 Å². The first-order valence-electron chi connectivity index (χ1n) is 5.78. The molecule has 1 heterocycles. The molecule has 0 fully saturated rings. The first kappa shape index (κ1) is 14.5. The van der Waals surface area contributed by atoms with E-state index in [-0.39, 0.29) is 4.21 Å². The van der Waals surface area contributed by atoms with Gasteiger partial charge in [0.15, 0.2) is 0 Å². The molecule has 0 spiro atoms. The van der Waals surface area contributed by atoms with Crippen LogP contribution in [0.25, 0.3) is 0 Å². The van der Waals surface area contributed by atoms with Gasteiger partial charge in [0.2, 0.25) is 0 Å². The molecule has 0 aliphatic heterocycles. The molecule has 1 aromatic heterocycles. The normalized spacial score (nSPS) is 12.2. The molecule has 0 saturated carbocycles. The molecule has 0 aliphatic rings. The average Bonchev–Trinajstić information content (AvgIpc) is 2.94. The zero-order chi connectivity index (χ0) is 14.6. The summed E-state index contributed by atoms with van der Waals surface area (Å²) in [6, 6.07) is 10.3. The Bertz CT molecular complexity index is 707. The van der Waals surface area contributed by atoms with Crippen molar-refractivity contribution in [2.24, 2.45) is 5.16 Å². The van der Waals surface area contributed by atoms with Crippen molar-refractivity contribution in [2.75, 3.05) is 11.8 Å². The van der Waals surface area contributed by atoms with Crippen LogP contribution in [0, 0.1) is 0 Å². The molecule has 0 amide bonds. The molecule has 0 saturated heterocycles. The topological polar surface area (TPSA) is 67.8 Å². The number of nitrogens with zero attached hydrogens (tertiary/aromatic N) is 1. The fourth-order valence-corrected chi connectivity index (χ4v) is 3.76. The summed E-state index contributed by atoms with van der Waals surface area (Å²) in [6.07, 6.45) is 0. The molecule has 0 unspecified atom stereocenters. The van der Waals surface area contributed by atoms with Gasteiger partial charge in [-0.2, -0.15) is 0 Å². The zero-order valence-corrected chi connectivity index (χ0v) is 12.7. The van der Waals surface area contributed by atoms with E-state index in [9.17, 15) is 8.42 Å². The van der Waals surface area contributed by atoms with Crippen LogP contribution in [-0.2, 0) is 14.9 Å². The van der Waals surface area contributed by atoms with E-state index >= 15 is 0 Å². The van der Waals surface area contributed by atoms with Crippen LogP contribution in [0.3, 0.4) is 0 Å². The second kappa shape index (κ2) is 6.06. The van der Waals surface area contributed by atoms with E-state index < -0.39 is 10.0 Å². The smallest absolute Gasteiger partial charge is 0.271 e. The van der Waals surface area contributed by atoms with Crippen LogP contribution in [0.15, 0.2) is 51.1 Å². The quantitative estimate of drug-likeness (QED) is 0.682. The van der Waals surface area contributed by atoms with Crippen LogP contribution in [0.2, 0.25) is 0 Å². The number of rotatable bonds is 5. The summed E-state index contributed by atoms with van der Waals surface area (Å²) in [5, 5.41) is 5.55. The molecule has 2 rings (SSSR count). The molecule has 1 aromatic carbocycles.